The highest BCUT2D eigenvalue weighted by Crippen LogP contribution is 2.20. The first-order valence-corrected chi connectivity index (χ1v) is 5.21. The van der Waals surface area contributed by atoms with Crippen LogP contribution >= 0.6 is 11.6 Å². The molecule has 1 unspecified atom stereocenters. The molecule has 0 heterocycles. The molecule has 16 heavy (non-hydrogen) atoms. The lowest BCUT2D eigenvalue weighted by Gasteiger charge is -2.11. The Kier molecular flexibility index (Phi) is 4.71. The zero-order valence-electron chi connectivity index (χ0n) is 8.74. The van der Waals surface area contributed by atoms with Gasteiger partial charge in [0.2, 0.25) is 0 Å². The fourth-order valence-corrected chi connectivity index (χ4v) is 1.48. The van der Waals surface area contributed by atoms with E-state index < -0.39 is 17.9 Å². The van der Waals surface area contributed by atoms with Crippen LogP contribution in [0.2, 0.25) is 5.02 Å². The maximum absolute atomic E-state index is 13.3. The van der Waals surface area contributed by atoms with E-state index in [1.807, 2.05) is 0 Å². The van der Waals surface area contributed by atoms with Gasteiger partial charge < -0.3 is 9.84 Å². The van der Waals surface area contributed by atoms with Crippen LogP contribution in [-0.4, -0.2) is 23.8 Å². The topological polar surface area (TPSA) is 46.5 Å². The van der Waals surface area contributed by atoms with Crippen LogP contribution in [0.15, 0.2) is 18.2 Å². The third kappa shape index (κ3) is 3.18. The number of esters is 1. The summed E-state index contributed by atoms with van der Waals surface area (Å²) in [6, 6.07) is 4.18. The van der Waals surface area contributed by atoms with Crippen molar-refractivity contribution in [2.24, 2.45) is 0 Å². The molecule has 88 valence electrons. The van der Waals surface area contributed by atoms with Gasteiger partial charge in [-0.15, -0.1) is 0 Å². The van der Waals surface area contributed by atoms with Crippen molar-refractivity contribution < 1.29 is 19.0 Å². The van der Waals surface area contributed by atoms with Crippen LogP contribution in [0.3, 0.4) is 0 Å². The molecule has 0 saturated carbocycles. The van der Waals surface area contributed by atoms with Gasteiger partial charge in [-0.2, -0.15) is 0 Å². The van der Waals surface area contributed by atoms with E-state index in [0.717, 1.165) is 0 Å². The Morgan fingerprint density at radius 1 is 1.62 bits per heavy atom. The predicted molar refractivity (Wildman–Crippen MR) is 57.8 cm³/mol. The molecule has 1 aromatic carbocycles. The molecule has 0 fully saturated rings. The zero-order chi connectivity index (χ0) is 12.1. The molecule has 5 heteroatoms. The van der Waals surface area contributed by atoms with Crippen LogP contribution in [0.5, 0.6) is 0 Å². The van der Waals surface area contributed by atoms with Crippen LogP contribution in [0.1, 0.15) is 12.5 Å². The number of benzene rings is 1. The molecule has 1 atom stereocenters. The second-order valence-electron chi connectivity index (χ2n) is 3.17. The summed E-state index contributed by atoms with van der Waals surface area (Å²) in [6.45, 7) is 1.79. The summed E-state index contributed by atoms with van der Waals surface area (Å²) in [5, 5.41) is 9.63. The van der Waals surface area contributed by atoms with Gasteiger partial charge in [0.15, 0.2) is 6.10 Å². The Morgan fingerprint density at radius 3 is 2.88 bits per heavy atom. The third-order valence-electron chi connectivity index (χ3n) is 2.02. The summed E-state index contributed by atoms with van der Waals surface area (Å²) in [4.78, 5) is 11.1. The number of halogens is 2. The van der Waals surface area contributed by atoms with Gasteiger partial charge in [-0.25, -0.2) is 9.18 Å². The molecule has 0 bridgehead atoms. The standard InChI is InChI=1S/C11H12ClFO3/c1-2-16-11(15)10(14)6-7-8(12)4-3-5-9(7)13/h3-5,10,14H,2,6H2,1H3. The average Bonchev–Trinajstić information content (AvgIpc) is 2.23. The van der Waals surface area contributed by atoms with Crippen molar-refractivity contribution in [3.8, 4) is 0 Å². The minimum Gasteiger partial charge on any atom is -0.464 e. The van der Waals surface area contributed by atoms with Gasteiger partial charge in [-0.1, -0.05) is 17.7 Å². The van der Waals surface area contributed by atoms with E-state index >= 15 is 0 Å². The minimum absolute atomic E-state index is 0.115. The van der Waals surface area contributed by atoms with Crippen LogP contribution in [-0.2, 0) is 16.0 Å². The second kappa shape index (κ2) is 5.82. The lowest BCUT2D eigenvalue weighted by molar-refractivity contribution is -0.152. The third-order valence-corrected chi connectivity index (χ3v) is 2.37. The fraction of sp³-hybridized carbons (Fsp3) is 0.364. The Bertz CT molecular complexity index is 361. The van der Waals surface area contributed by atoms with Gasteiger partial charge >= 0.3 is 5.97 Å². The van der Waals surface area contributed by atoms with Gasteiger partial charge in [0.25, 0.3) is 0 Å². The van der Waals surface area contributed by atoms with Gasteiger partial charge in [-0.05, 0) is 19.1 Å². The van der Waals surface area contributed by atoms with Crippen molar-refractivity contribution in [1.82, 2.24) is 0 Å². The predicted octanol–water partition coefficient (Wildman–Crippen LogP) is 1.95. The highest BCUT2D eigenvalue weighted by atomic mass is 35.5. The lowest BCUT2D eigenvalue weighted by Crippen LogP contribution is -2.25. The smallest absolute Gasteiger partial charge is 0.335 e. The van der Waals surface area contributed by atoms with Crippen molar-refractivity contribution in [3.63, 3.8) is 0 Å². The highest BCUT2D eigenvalue weighted by Gasteiger charge is 2.20. The maximum Gasteiger partial charge on any atom is 0.335 e. The molecule has 1 aromatic rings. The summed E-state index contributed by atoms with van der Waals surface area (Å²) >= 11 is 5.75. The Hall–Kier alpha value is -1.13. The molecular weight excluding hydrogens is 235 g/mol. The SMILES string of the molecule is CCOC(=O)C(O)Cc1c(F)cccc1Cl. The lowest BCUT2D eigenvalue weighted by atomic mass is 10.1. The molecule has 1 rings (SSSR count). The monoisotopic (exact) mass is 246 g/mol. The Balaban J connectivity index is 2.76. The molecule has 0 aliphatic carbocycles. The highest BCUT2D eigenvalue weighted by molar-refractivity contribution is 6.31. The molecule has 0 aromatic heterocycles. The summed E-state index contributed by atoms with van der Waals surface area (Å²) < 4.78 is 17.9. The summed E-state index contributed by atoms with van der Waals surface area (Å²) in [5.41, 5.74) is 0.115. The molecule has 3 nitrogen and oxygen atoms in total. The van der Waals surface area contributed by atoms with E-state index in [-0.39, 0.29) is 23.6 Å². The van der Waals surface area contributed by atoms with E-state index in [1.54, 1.807) is 6.92 Å². The molecule has 0 aliphatic heterocycles. The molecule has 0 radical (unpaired) electrons. The van der Waals surface area contributed by atoms with Gasteiger partial charge in [0.05, 0.1) is 6.61 Å². The maximum atomic E-state index is 13.3. The number of rotatable bonds is 4. The van der Waals surface area contributed by atoms with E-state index in [4.69, 9.17) is 11.6 Å². The Morgan fingerprint density at radius 2 is 2.31 bits per heavy atom. The largest absolute Gasteiger partial charge is 0.464 e. The summed E-state index contributed by atoms with van der Waals surface area (Å²) in [5.74, 6) is -1.32. The van der Waals surface area contributed by atoms with Gasteiger partial charge in [-0.3, -0.25) is 0 Å². The number of carbonyl (C=O) groups is 1. The van der Waals surface area contributed by atoms with Crippen LogP contribution in [0, 0.1) is 5.82 Å². The van der Waals surface area contributed by atoms with Gasteiger partial charge in [0.1, 0.15) is 5.82 Å². The van der Waals surface area contributed by atoms with E-state index in [0.29, 0.717) is 0 Å². The molecule has 0 spiro atoms. The van der Waals surface area contributed by atoms with Crippen LogP contribution in [0.25, 0.3) is 0 Å². The number of hydrogen-bond acceptors (Lipinski definition) is 3. The zero-order valence-corrected chi connectivity index (χ0v) is 9.50. The van der Waals surface area contributed by atoms with Crippen molar-refractivity contribution >= 4 is 17.6 Å². The van der Waals surface area contributed by atoms with Crippen molar-refractivity contribution in [2.75, 3.05) is 6.61 Å². The molecular formula is C11H12ClFO3. The van der Waals surface area contributed by atoms with Crippen LogP contribution in [0.4, 0.5) is 4.39 Å². The first-order valence-electron chi connectivity index (χ1n) is 4.83. The van der Waals surface area contributed by atoms with E-state index in [9.17, 15) is 14.3 Å². The number of carbonyl (C=O) groups excluding carboxylic acids is 1. The number of aliphatic hydroxyl groups is 1. The van der Waals surface area contributed by atoms with E-state index in [1.165, 1.54) is 18.2 Å². The number of hydrogen-bond donors (Lipinski definition) is 1. The molecule has 1 N–H and O–H groups in total. The van der Waals surface area contributed by atoms with Crippen LogP contribution < -0.4 is 0 Å². The number of aliphatic hydroxyl groups excluding tert-OH is 1. The minimum atomic E-state index is -1.39. The number of ether oxygens (including phenoxy) is 1. The first-order chi connectivity index (χ1) is 7.56. The van der Waals surface area contributed by atoms with Gasteiger partial charge in [0, 0.05) is 17.0 Å². The molecule has 0 aliphatic rings. The second-order valence-corrected chi connectivity index (χ2v) is 3.58. The van der Waals surface area contributed by atoms with Crippen molar-refractivity contribution in [1.29, 1.82) is 0 Å². The molecule has 0 amide bonds. The van der Waals surface area contributed by atoms with E-state index in [2.05, 4.69) is 4.74 Å². The average molecular weight is 247 g/mol. The fourth-order valence-electron chi connectivity index (χ4n) is 1.24. The van der Waals surface area contributed by atoms with Crippen molar-refractivity contribution in [2.45, 2.75) is 19.4 Å². The van der Waals surface area contributed by atoms with Crippen molar-refractivity contribution in [3.05, 3.63) is 34.6 Å². The first kappa shape index (κ1) is 12.9. The normalized spacial score (nSPS) is 12.2. The Labute approximate surface area is 97.8 Å². The summed E-state index contributed by atoms with van der Waals surface area (Å²) in [6.07, 6.45) is -1.58. The quantitative estimate of drug-likeness (QED) is 0.826. The molecule has 0 saturated heterocycles. The summed E-state index contributed by atoms with van der Waals surface area (Å²) in [7, 11) is 0.